The third-order valence-corrected chi connectivity index (χ3v) is 8.34. The zero-order valence-corrected chi connectivity index (χ0v) is 23.2. The maximum absolute atomic E-state index is 14.0. The molecule has 3 saturated carbocycles. The Morgan fingerprint density at radius 1 is 1.15 bits per heavy atom. The SMILES string of the molecule is Cc1nc(F)ccc1C(Cc1cc(C#N)c2ncc(C#N)c(NCC(C)(C)C)c2c1)c1cn(C23CC(C2)C3)nn1. The Bertz CT molecular complexity index is 1700. The lowest BCUT2D eigenvalue weighted by Crippen LogP contribution is -2.59. The van der Waals surface area contributed by atoms with Crippen LogP contribution < -0.4 is 5.32 Å². The Labute approximate surface area is 232 Å². The van der Waals surface area contributed by atoms with Gasteiger partial charge in [0, 0.05) is 35.9 Å². The molecule has 3 heterocycles. The molecule has 0 aliphatic heterocycles. The van der Waals surface area contributed by atoms with Gasteiger partial charge in [-0.05, 0) is 73.3 Å². The summed E-state index contributed by atoms with van der Waals surface area (Å²) in [7, 11) is 0. The predicted octanol–water partition coefficient (Wildman–Crippen LogP) is 5.75. The van der Waals surface area contributed by atoms with E-state index in [9.17, 15) is 14.9 Å². The van der Waals surface area contributed by atoms with E-state index in [0.717, 1.165) is 47.4 Å². The number of halogens is 1. The fourth-order valence-electron chi connectivity index (χ4n) is 6.10. The Morgan fingerprint density at radius 2 is 1.90 bits per heavy atom. The summed E-state index contributed by atoms with van der Waals surface area (Å²) in [5.41, 5.74) is 5.27. The van der Waals surface area contributed by atoms with Crippen molar-refractivity contribution < 1.29 is 4.39 Å². The molecule has 1 N–H and O–H groups in total. The molecular weight excluding hydrogens is 503 g/mol. The van der Waals surface area contributed by atoms with Crippen LogP contribution in [0.2, 0.25) is 0 Å². The molecule has 0 amide bonds. The van der Waals surface area contributed by atoms with Gasteiger partial charge in [0.05, 0.1) is 33.6 Å². The van der Waals surface area contributed by atoms with Crippen LogP contribution in [0.1, 0.15) is 79.6 Å². The second-order valence-electron chi connectivity index (χ2n) is 12.6. The van der Waals surface area contributed by atoms with E-state index in [-0.39, 0.29) is 16.9 Å². The number of nitriles is 2. The highest BCUT2D eigenvalue weighted by molar-refractivity contribution is 5.97. The number of anilines is 1. The van der Waals surface area contributed by atoms with E-state index in [1.807, 2.05) is 23.0 Å². The molecule has 0 saturated heterocycles. The van der Waals surface area contributed by atoms with Gasteiger partial charge >= 0.3 is 0 Å². The van der Waals surface area contributed by atoms with Gasteiger partial charge < -0.3 is 5.32 Å². The minimum atomic E-state index is -0.528. The number of fused-ring (bicyclic) bond motifs is 1. The van der Waals surface area contributed by atoms with Crippen molar-refractivity contribution in [3.63, 3.8) is 0 Å². The molecule has 2 bridgehead atoms. The largest absolute Gasteiger partial charge is 0.383 e. The monoisotopic (exact) mass is 534 g/mol. The van der Waals surface area contributed by atoms with Crippen LogP contribution in [0, 0.1) is 46.9 Å². The van der Waals surface area contributed by atoms with Crippen molar-refractivity contribution in [2.24, 2.45) is 11.3 Å². The number of hydrogen-bond donors (Lipinski definition) is 1. The first-order valence-corrected chi connectivity index (χ1v) is 13.6. The normalized spacial score (nSPS) is 20.2. The van der Waals surface area contributed by atoms with Crippen LogP contribution in [0.4, 0.5) is 10.1 Å². The van der Waals surface area contributed by atoms with Crippen LogP contribution in [0.25, 0.3) is 10.9 Å². The molecule has 3 fully saturated rings. The highest BCUT2D eigenvalue weighted by Gasteiger charge is 2.58. The zero-order valence-electron chi connectivity index (χ0n) is 23.2. The second kappa shape index (κ2) is 9.38. The summed E-state index contributed by atoms with van der Waals surface area (Å²) in [4.78, 5) is 8.57. The Hall–Kier alpha value is -4.37. The molecule has 0 radical (unpaired) electrons. The van der Waals surface area contributed by atoms with E-state index in [2.05, 4.69) is 58.5 Å². The molecule has 202 valence electrons. The van der Waals surface area contributed by atoms with Gasteiger partial charge in [-0.3, -0.25) is 4.98 Å². The van der Waals surface area contributed by atoms with Gasteiger partial charge in [-0.15, -0.1) is 5.10 Å². The van der Waals surface area contributed by atoms with E-state index < -0.39 is 5.95 Å². The number of rotatable bonds is 7. The summed E-state index contributed by atoms with van der Waals surface area (Å²) in [5, 5.41) is 33.2. The minimum Gasteiger partial charge on any atom is -0.383 e. The maximum Gasteiger partial charge on any atom is 0.213 e. The van der Waals surface area contributed by atoms with Gasteiger partial charge in [0.15, 0.2) is 0 Å². The van der Waals surface area contributed by atoms with Crippen LogP contribution in [-0.2, 0) is 12.0 Å². The summed E-state index contributed by atoms with van der Waals surface area (Å²) < 4.78 is 16.0. The fraction of sp³-hybridized carbons (Fsp3) is 0.419. The van der Waals surface area contributed by atoms with E-state index in [1.165, 1.54) is 12.3 Å². The van der Waals surface area contributed by atoms with Crippen molar-refractivity contribution in [1.29, 1.82) is 10.5 Å². The Kier molecular flexibility index (Phi) is 6.07. The van der Waals surface area contributed by atoms with Gasteiger partial charge in [0.2, 0.25) is 5.95 Å². The highest BCUT2D eigenvalue weighted by atomic mass is 19.1. The van der Waals surface area contributed by atoms with E-state index in [1.54, 1.807) is 13.0 Å². The highest BCUT2D eigenvalue weighted by Crippen LogP contribution is 2.62. The average Bonchev–Trinajstić information content (AvgIpc) is 3.32. The van der Waals surface area contributed by atoms with Crippen LogP contribution in [0.3, 0.4) is 0 Å². The summed E-state index contributed by atoms with van der Waals surface area (Å²) in [5.74, 6) is 0.0259. The first-order valence-electron chi connectivity index (χ1n) is 13.6. The van der Waals surface area contributed by atoms with Crippen molar-refractivity contribution in [2.75, 3.05) is 11.9 Å². The van der Waals surface area contributed by atoms with Crippen molar-refractivity contribution in [3.8, 4) is 12.1 Å². The van der Waals surface area contributed by atoms with Crippen LogP contribution in [0.5, 0.6) is 0 Å². The molecule has 3 aromatic heterocycles. The molecular formula is C31H31FN8. The number of hydrogen-bond acceptors (Lipinski definition) is 7. The summed E-state index contributed by atoms with van der Waals surface area (Å²) in [6, 6.07) is 11.5. The van der Waals surface area contributed by atoms with Crippen molar-refractivity contribution in [1.82, 2.24) is 25.0 Å². The predicted molar refractivity (Wildman–Crippen MR) is 149 cm³/mol. The molecule has 9 heteroatoms. The summed E-state index contributed by atoms with van der Waals surface area (Å²) >= 11 is 0. The number of aromatic nitrogens is 5. The van der Waals surface area contributed by atoms with E-state index in [0.29, 0.717) is 41.0 Å². The second-order valence-corrected chi connectivity index (χ2v) is 12.6. The fourth-order valence-corrected chi connectivity index (χ4v) is 6.10. The first kappa shape index (κ1) is 25.9. The zero-order chi connectivity index (χ0) is 28.2. The van der Waals surface area contributed by atoms with Gasteiger partial charge in [-0.2, -0.15) is 14.9 Å². The molecule has 1 atom stereocenters. The molecule has 3 aliphatic rings. The smallest absolute Gasteiger partial charge is 0.213 e. The van der Waals surface area contributed by atoms with E-state index >= 15 is 0 Å². The maximum atomic E-state index is 14.0. The third kappa shape index (κ3) is 4.46. The molecule has 1 unspecified atom stereocenters. The van der Waals surface area contributed by atoms with Gasteiger partial charge in [0.25, 0.3) is 0 Å². The van der Waals surface area contributed by atoms with Crippen LogP contribution in [0.15, 0.2) is 36.7 Å². The number of nitrogens with zero attached hydrogens (tertiary/aromatic N) is 7. The lowest BCUT2D eigenvalue weighted by molar-refractivity contribution is -0.0989. The summed E-state index contributed by atoms with van der Waals surface area (Å²) in [6.07, 6.45) is 7.47. The van der Waals surface area contributed by atoms with Crippen LogP contribution >= 0.6 is 0 Å². The molecule has 8 nitrogen and oxygen atoms in total. The Morgan fingerprint density at radius 3 is 2.52 bits per heavy atom. The van der Waals surface area contributed by atoms with Crippen molar-refractivity contribution >= 4 is 16.6 Å². The lowest BCUT2D eigenvalue weighted by Gasteiger charge is -2.61. The number of aryl methyl sites for hydroxylation is 1. The number of nitrogens with one attached hydrogen (secondary N) is 1. The average molecular weight is 535 g/mol. The number of benzene rings is 1. The third-order valence-electron chi connectivity index (χ3n) is 8.34. The van der Waals surface area contributed by atoms with Crippen LogP contribution in [-0.4, -0.2) is 31.5 Å². The van der Waals surface area contributed by atoms with Gasteiger partial charge in [-0.1, -0.05) is 32.1 Å². The molecule has 3 aliphatic carbocycles. The Balaban J connectivity index is 1.45. The molecule has 40 heavy (non-hydrogen) atoms. The van der Waals surface area contributed by atoms with Gasteiger partial charge in [0.1, 0.15) is 12.1 Å². The number of pyridine rings is 2. The van der Waals surface area contributed by atoms with Crippen molar-refractivity contribution in [2.45, 2.75) is 64.8 Å². The minimum absolute atomic E-state index is 0.0254. The standard InChI is InChI=1S/C31H31FN8/c1-18-23(5-6-27(32)37-18)24(26-16-40(39-38-26)31-10-20(11-31)12-31)8-19-7-21(13-33)28-25(9-19)29(22(14-34)15-35-28)36-17-30(2,3)4/h5-7,9,15-16,20,24H,8,10-12,17H2,1-4H3,(H,35,36). The van der Waals surface area contributed by atoms with Crippen molar-refractivity contribution in [3.05, 3.63) is 76.2 Å². The molecule has 0 spiro atoms. The first-order chi connectivity index (χ1) is 19.1. The van der Waals surface area contributed by atoms with E-state index in [4.69, 9.17) is 0 Å². The molecule has 4 aromatic rings. The van der Waals surface area contributed by atoms with Gasteiger partial charge in [-0.25, -0.2) is 9.67 Å². The lowest BCUT2D eigenvalue weighted by atomic mass is 9.50. The quantitative estimate of drug-likeness (QED) is 0.300. The topological polar surface area (TPSA) is 116 Å². The molecule has 1 aromatic carbocycles. The molecule has 7 rings (SSSR count). The summed E-state index contributed by atoms with van der Waals surface area (Å²) in [6.45, 7) is 8.79.